The average Bonchev–Trinajstić information content (AvgIpc) is 2.47. The monoisotopic (exact) mass is 311 g/mol. The molecule has 1 heterocycles. The number of halogens is 1. The molecule has 1 saturated heterocycles. The number of hydrogen-bond donors (Lipinski definition) is 2. The van der Waals surface area contributed by atoms with E-state index in [1.54, 1.807) is 17.0 Å². The summed E-state index contributed by atoms with van der Waals surface area (Å²) in [6.45, 7) is 7.62. The van der Waals surface area contributed by atoms with E-state index < -0.39 is 0 Å². The van der Waals surface area contributed by atoms with Gasteiger partial charge >= 0.3 is 0 Å². The molecule has 0 aromatic heterocycles. The van der Waals surface area contributed by atoms with Crippen LogP contribution in [0.1, 0.15) is 25.3 Å². The number of benzene rings is 1. The summed E-state index contributed by atoms with van der Waals surface area (Å²) < 4.78 is 5.56. The standard InChI is InChI=1S/C16H23ClN2O2/c1-3-19-8-6-14(7-9-19)18-16(20)11-21-15-5-4-13(17)10-12(15)2/h4-5,10,14H,3,6-9,11H2,1-2H3,(H,18,20)/p+1. The summed E-state index contributed by atoms with van der Waals surface area (Å²) in [7, 11) is 0. The largest absolute Gasteiger partial charge is 0.484 e. The zero-order valence-electron chi connectivity index (χ0n) is 12.7. The molecule has 116 valence electrons. The molecule has 0 atom stereocenters. The van der Waals surface area contributed by atoms with Crippen LogP contribution >= 0.6 is 11.6 Å². The quantitative estimate of drug-likeness (QED) is 0.858. The summed E-state index contributed by atoms with van der Waals surface area (Å²) in [6.07, 6.45) is 2.10. The van der Waals surface area contributed by atoms with Gasteiger partial charge in [-0.05, 0) is 37.6 Å². The number of carbonyl (C=O) groups excluding carboxylic acids is 1. The Labute approximate surface area is 131 Å². The number of ether oxygens (including phenoxy) is 1. The third-order valence-electron chi connectivity index (χ3n) is 4.05. The van der Waals surface area contributed by atoms with E-state index in [2.05, 4.69) is 12.2 Å². The number of nitrogens with one attached hydrogen (secondary N) is 2. The molecule has 1 amide bonds. The van der Waals surface area contributed by atoms with E-state index in [4.69, 9.17) is 16.3 Å². The topological polar surface area (TPSA) is 42.8 Å². The van der Waals surface area contributed by atoms with Gasteiger partial charge in [-0.2, -0.15) is 0 Å². The minimum absolute atomic E-state index is 0.0469. The van der Waals surface area contributed by atoms with Crippen molar-refractivity contribution in [3.05, 3.63) is 28.8 Å². The Hall–Kier alpha value is -1.26. The number of hydrogen-bond acceptors (Lipinski definition) is 2. The van der Waals surface area contributed by atoms with Gasteiger partial charge in [-0.15, -0.1) is 0 Å². The van der Waals surface area contributed by atoms with Crippen molar-refractivity contribution in [3.8, 4) is 5.75 Å². The van der Waals surface area contributed by atoms with Gasteiger partial charge < -0.3 is 15.0 Å². The fourth-order valence-electron chi connectivity index (χ4n) is 2.71. The highest BCUT2D eigenvalue weighted by Gasteiger charge is 2.22. The Morgan fingerprint density at radius 3 is 2.76 bits per heavy atom. The van der Waals surface area contributed by atoms with Crippen molar-refractivity contribution < 1.29 is 14.4 Å². The number of amides is 1. The second kappa shape index (κ2) is 7.66. The molecule has 0 radical (unpaired) electrons. The molecule has 0 aliphatic carbocycles. The van der Waals surface area contributed by atoms with E-state index >= 15 is 0 Å². The SMILES string of the molecule is CC[NH+]1CCC(NC(=O)COc2ccc(Cl)cc2C)CC1. The van der Waals surface area contributed by atoms with Gasteiger partial charge in [0, 0.05) is 23.9 Å². The Morgan fingerprint density at radius 2 is 2.14 bits per heavy atom. The van der Waals surface area contributed by atoms with Gasteiger partial charge in [0.2, 0.25) is 0 Å². The maximum Gasteiger partial charge on any atom is 0.258 e. The minimum Gasteiger partial charge on any atom is -0.484 e. The van der Waals surface area contributed by atoms with Crippen LogP contribution in [0.15, 0.2) is 18.2 Å². The lowest BCUT2D eigenvalue weighted by molar-refractivity contribution is -0.903. The van der Waals surface area contributed by atoms with Crippen molar-refractivity contribution in [1.29, 1.82) is 0 Å². The van der Waals surface area contributed by atoms with Crippen molar-refractivity contribution in [2.24, 2.45) is 0 Å². The molecule has 1 aliphatic heterocycles. The van der Waals surface area contributed by atoms with Gasteiger partial charge in [-0.3, -0.25) is 4.79 Å². The molecule has 0 spiro atoms. The molecule has 1 fully saturated rings. The Balaban J connectivity index is 1.75. The molecule has 0 unspecified atom stereocenters. The van der Waals surface area contributed by atoms with E-state index in [1.165, 1.54) is 6.54 Å². The molecule has 0 bridgehead atoms. The molecule has 4 nitrogen and oxygen atoms in total. The van der Waals surface area contributed by atoms with Crippen LogP contribution in [0.5, 0.6) is 5.75 Å². The van der Waals surface area contributed by atoms with Crippen LogP contribution in [0.2, 0.25) is 5.02 Å². The molecule has 2 rings (SSSR count). The van der Waals surface area contributed by atoms with E-state index in [9.17, 15) is 4.79 Å². The van der Waals surface area contributed by atoms with Crippen molar-refractivity contribution in [2.45, 2.75) is 32.7 Å². The second-order valence-electron chi connectivity index (χ2n) is 5.64. The zero-order valence-corrected chi connectivity index (χ0v) is 13.5. The molecule has 21 heavy (non-hydrogen) atoms. The average molecular weight is 312 g/mol. The fourth-order valence-corrected chi connectivity index (χ4v) is 2.94. The molecular formula is C16H24ClN2O2+. The smallest absolute Gasteiger partial charge is 0.258 e. The van der Waals surface area contributed by atoms with Crippen molar-refractivity contribution in [2.75, 3.05) is 26.2 Å². The Bertz CT molecular complexity index is 485. The fraction of sp³-hybridized carbons (Fsp3) is 0.562. The number of aryl methyl sites for hydroxylation is 1. The highest BCUT2D eigenvalue weighted by atomic mass is 35.5. The number of quaternary nitrogens is 1. The Morgan fingerprint density at radius 1 is 1.43 bits per heavy atom. The molecule has 1 aliphatic rings. The van der Waals surface area contributed by atoms with Crippen LogP contribution in [-0.4, -0.2) is 38.2 Å². The van der Waals surface area contributed by atoms with E-state index in [1.807, 2.05) is 13.0 Å². The van der Waals surface area contributed by atoms with Crippen LogP contribution in [0.3, 0.4) is 0 Å². The lowest BCUT2D eigenvalue weighted by Crippen LogP contribution is -3.13. The minimum atomic E-state index is -0.0469. The van der Waals surface area contributed by atoms with Crippen molar-refractivity contribution in [3.63, 3.8) is 0 Å². The van der Waals surface area contributed by atoms with E-state index in [-0.39, 0.29) is 12.5 Å². The van der Waals surface area contributed by atoms with E-state index in [0.29, 0.717) is 16.8 Å². The molecule has 1 aromatic carbocycles. The Kier molecular flexibility index (Phi) is 5.88. The zero-order chi connectivity index (χ0) is 15.2. The maximum atomic E-state index is 11.9. The number of carbonyl (C=O) groups is 1. The van der Waals surface area contributed by atoms with Gasteiger partial charge in [0.15, 0.2) is 6.61 Å². The first-order chi connectivity index (χ1) is 10.1. The summed E-state index contributed by atoms with van der Waals surface area (Å²) in [4.78, 5) is 13.6. The lowest BCUT2D eigenvalue weighted by atomic mass is 10.1. The summed E-state index contributed by atoms with van der Waals surface area (Å²) in [5.74, 6) is 0.661. The van der Waals surface area contributed by atoms with Crippen LogP contribution in [-0.2, 0) is 4.79 Å². The summed E-state index contributed by atoms with van der Waals surface area (Å²) in [5, 5.41) is 3.74. The summed E-state index contributed by atoms with van der Waals surface area (Å²) >= 11 is 5.90. The van der Waals surface area contributed by atoms with Crippen LogP contribution in [0.25, 0.3) is 0 Å². The van der Waals surface area contributed by atoms with Gasteiger partial charge in [-0.1, -0.05) is 11.6 Å². The second-order valence-corrected chi connectivity index (χ2v) is 6.08. The molecular weight excluding hydrogens is 288 g/mol. The van der Waals surface area contributed by atoms with Crippen LogP contribution in [0, 0.1) is 6.92 Å². The van der Waals surface area contributed by atoms with Crippen molar-refractivity contribution in [1.82, 2.24) is 5.32 Å². The predicted molar refractivity (Wildman–Crippen MR) is 84.1 cm³/mol. The number of piperidine rings is 1. The van der Waals surface area contributed by atoms with Gasteiger partial charge in [-0.25, -0.2) is 0 Å². The predicted octanol–water partition coefficient (Wildman–Crippen LogP) is 1.21. The normalized spacial score (nSPS) is 21.9. The molecule has 0 saturated carbocycles. The highest BCUT2D eigenvalue weighted by molar-refractivity contribution is 6.30. The third kappa shape index (κ3) is 4.90. The maximum absolute atomic E-state index is 11.9. The third-order valence-corrected chi connectivity index (χ3v) is 4.29. The van der Waals surface area contributed by atoms with E-state index in [0.717, 1.165) is 31.5 Å². The van der Waals surface area contributed by atoms with Crippen LogP contribution in [0.4, 0.5) is 0 Å². The van der Waals surface area contributed by atoms with Gasteiger partial charge in [0.1, 0.15) is 5.75 Å². The first-order valence-electron chi connectivity index (χ1n) is 7.60. The molecule has 5 heteroatoms. The summed E-state index contributed by atoms with van der Waals surface area (Å²) in [5.41, 5.74) is 0.940. The lowest BCUT2D eigenvalue weighted by Gasteiger charge is -2.28. The highest BCUT2D eigenvalue weighted by Crippen LogP contribution is 2.21. The summed E-state index contributed by atoms with van der Waals surface area (Å²) in [6, 6.07) is 5.69. The molecule has 1 aromatic rings. The number of rotatable bonds is 5. The molecule has 2 N–H and O–H groups in total. The van der Waals surface area contributed by atoms with Gasteiger partial charge in [0.05, 0.1) is 19.6 Å². The van der Waals surface area contributed by atoms with Crippen LogP contribution < -0.4 is 15.0 Å². The van der Waals surface area contributed by atoms with Gasteiger partial charge in [0.25, 0.3) is 5.91 Å². The first kappa shape index (κ1) is 16.1. The van der Waals surface area contributed by atoms with Crippen molar-refractivity contribution >= 4 is 17.5 Å². The number of likely N-dealkylation sites (tertiary alicyclic amines) is 1. The first-order valence-corrected chi connectivity index (χ1v) is 7.98.